The van der Waals surface area contributed by atoms with E-state index in [9.17, 15) is 13.2 Å². The van der Waals surface area contributed by atoms with Crippen molar-refractivity contribution in [2.75, 3.05) is 39.3 Å². The van der Waals surface area contributed by atoms with Crippen molar-refractivity contribution in [2.24, 2.45) is 17.8 Å². The fraction of sp³-hybridized carbons (Fsp3) is 0.696. The maximum absolute atomic E-state index is 12.8. The Hall–Kier alpha value is -1.15. The van der Waals surface area contributed by atoms with Gasteiger partial charge in [-0.3, -0.25) is 4.79 Å². The molecule has 2 aliphatic rings. The van der Waals surface area contributed by atoms with E-state index in [1.807, 2.05) is 0 Å². The van der Waals surface area contributed by atoms with Gasteiger partial charge in [-0.2, -0.15) is 0 Å². The summed E-state index contributed by atoms with van der Waals surface area (Å²) in [6.07, 6.45) is 3.39. The van der Waals surface area contributed by atoms with E-state index >= 15 is 0 Å². The third kappa shape index (κ3) is 7.17. The lowest BCUT2D eigenvalue weighted by Gasteiger charge is -2.35. The zero-order valence-electron chi connectivity index (χ0n) is 18.7. The van der Waals surface area contributed by atoms with Gasteiger partial charge in [0.1, 0.15) is 0 Å². The van der Waals surface area contributed by atoms with Crippen LogP contribution >= 0.6 is 11.6 Å². The molecule has 6 nitrogen and oxygen atoms in total. The van der Waals surface area contributed by atoms with Crippen molar-refractivity contribution in [1.82, 2.24) is 14.5 Å². The lowest BCUT2D eigenvalue weighted by molar-refractivity contribution is -0.126. The highest BCUT2D eigenvalue weighted by Gasteiger charge is 2.31. The second kappa shape index (κ2) is 11.1. The van der Waals surface area contributed by atoms with Crippen LogP contribution in [0.5, 0.6) is 0 Å². The zero-order valence-corrected chi connectivity index (χ0v) is 20.3. The molecule has 0 saturated carbocycles. The summed E-state index contributed by atoms with van der Waals surface area (Å²) in [6.45, 7) is 9.40. The minimum absolute atomic E-state index is 0.0588. The molecule has 174 valence electrons. The average Bonchev–Trinajstić information content (AvgIpc) is 2.72. The molecule has 8 heteroatoms. The van der Waals surface area contributed by atoms with Gasteiger partial charge in [-0.05, 0) is 55.7 Å². The molecule has 3 rings (SSSR count). The molecule has 0 aromatic heterocycles. The summed E-state index contributed by atoms with van der Waals surface area (Å²) in [5.74, 6) is 1.35. The molecule has 2 atom stereocenters. The Morgan fingerprint density at radius 1 is 1.13 bits per heavy atom. The first-order chi connectivity index (χ1) is 14.7. The molecular formula is C23H36ClN3O3S. The first kappa shape index (κ1) is 24.5. The molecule has 1 N–H and O–H groups in total. The first-order valence-electron chi connectivity index (χ1n) is 11.5. The number of carbonyl (C=O) groups excluding carboxylic acids is 1. The van der Waals surface area contributed by atoms with Gasteiger partial charge in [0.15, 0.2) is 0 Å². The predicted octanol–water partition coefficient (Wildman–Crippen LogP) is 3.37. The molecule has 2 aliphatic heterocycles. The molecule has 0 aliphatic carbocycles. The minimum Gasteiger partial charge on any atom is -0.356 e. The van der Waals surface area contributed by atoms with Crippen LogP contribution in [-0.2, 0) is 20.6 Å². The zero-order chi connectivity index (χ0) is 22.4. The monoisotopic (exact) mass is 469 g/mol. The van der Waals surface area contributed by atoms with Crippen LogP contribution < -0.4 is 5.32 Å². The number of nitrogens with zero attached hydrogens (tertiary/aromatic N) is 2. The van der Waals surface area contributed by atoms with Gasteiger partial charge < -0.3 is 10.2 Å². The van der Waals surface area contributed by atoms with Crippen molar-refractivity contribution in [2.45, 2.75) is 45.3 Å². The lowest BCUT2D eigenvalue weighted by atomic mass is 9.92. The summed E-state index contributed by atoms with van der Waals surface area (Å²) < 4.78 is 27.0. The van der Waals surface area contributed by atoms with Crippen molar-refractivity contribution in [1.29, 1.82) is 0 Å². The number of likely N-dealkylation sites (tertiary alicyclic amines) is 1. The van der Waals surface area contributed by atoms with Crippen molar-refractivity contribution in [3.63, 3.8) is 0 Å². The van der Waals surface area contributed by atoms with E-state index in [-0.39, 0.29) is 17.6 Å². The molecule has 1 amide bonds. The van der Waals surface area contributed by atoms with E-state index in [1.54, 1.807) is 24.3 Å². The molecule has 1 aromatic carbocycles. The van der Waals surface area contributed by atoms with Gasteiger partial charge in [-0.1, -0.05) is 43.6 Å². The summed E-state index contributed by atoms with van der Waals surface area (Å²) in [7, 11) is -3.44. The number of amides is 1. The number of hydrogen-bond donors (Lipinski definition) is 1. The van der Waals surface area contributed by atoms with Crippen LogP contribution in [0.4, 0.5) is 0 Å². The highest BCUT2D eigenvalue weighted by molar-refractivity contribution is 7.88. The first-order valence-corrected chi connectivity index (χ1v) is 13.4. The Morgan fingerprint density at radius 2 is 1.77 bits per heavy atom. The van der Waals surface area contributed by atoms with E-state index in [0.29, 0.717) is 43.1 Å². The maximum Gasteiger partial charge on any atom is 0.223 e. The summed E-state index contributed by atoms with van der Waals surface area (Å²) in [6, 6.07) is 7.02. The number of rotatable bonds is 8. The number of benzene rings is 1. The number of sulfonamides is 1. The Kier molecular flexibility index (Phi) is 8.79. The Balaban J connectivity index is 1.38. The molecule has 0 spiro atoms. The Bertz CT molecular complexity index is 830. The summed E-state index contributed by atoms with van der Waals surface area (Å²) >= 11 is 6.12. The van der Waals surface area contributed by atoms with Gasteiger partial charge in [-0.25, -0.2) is 12.7 Å². The van der Waals surface area contributed by atoms with Gasteiger partial charge in [0.2, 0.25) is 15.9 Å². The SMILES string of the molecule is C[C@@H]1C[C@@H](C)CN(CCCNC(=O)C2CCN(S(=O)(=O)Cc3ccccc3Cl)CC2)C1. The van der Waals surface area contributed by atoms with E-state index in [1.165, 1.54) is 10.7 Å². The minimum atomic E-state index is -3.44. The largest absolute Gasteiger partial charge is 0.356 e. The van der Waals surface area contributed by atoms with E-state index < -0.39 is 10.0 Å². The lowest BCUT2D eigenvalue weighted by Crippen LogP contribution is -2.44. The second-order valence-corrected chi connectivity index (χ2v) is 11.7. The second-order valence-electron chi connectivity index (χ2n) is 9.37. The molecule has 0 bridgehead atoms. The van der Waals surface area contributed by atoms with E-state index in [2.05, 4.69) is 24.1 Å². The number of halogens is 1. The molecule has 31 heavy (non-hydrogen) atoms. The van der Waals surface area contributed by atoms with E-state index in [0.717, 1.165) is 37.9 Å². The molecule has 2 heterocycles. The summed E-state index contributed by atoms with van der Waals surface area (Å²) in [5, 5.41) is 3.53. The van der Waals surface area contributed by atoms with Crippen LogP contribution in [0.15, 0.2) is 24.3 Å². The van der Waals surface area contributed by atoms with Crippen LogP contribution in [0.3, 0.4) is 0 Å². The Morgan fingerprint density at radius 3 is 2.42 bits per heavy atom. The van der Waals surface area contributed by atoms with Crippen molar-refractivity contribution >= 4 is 27.5 Å². The average molecular weight is 470 g/mol. The van der Waals surface area contributed by atoms with Crippen molar-refractivity contribution < 1.29 is 13.2 Å². The quantitative estimate of drug-likeness (QED) is 0.592. The highest BCUT2D eigenvalue weighted by atomic mass is 35.5. The summed E-state index contributed by atoms with van der Waals surface area (Å²) in [5.41, 5.74) is 0.613. The molecular weight excluding hydrogens is 434 g/mol. The summed E-state index contributed by atoms with van der Waals surface area (Å²) in [4.78, 5) is 15.0. The van der Waals surface area contributed by atoms with Gasteiger partial charge in [0.25, 0.3) is 0 Å². The van der Waals surface area contributed by atoms with Crippen LogP contribution in [0.2, 0.25) is 5.02 Å². The number of nitrogens with one attached hydrogen (secondary N) is 1. The maximum atomic E-state index is 12.8. The molecule has 2 saturated heterocycles. The topological polar surface area (TPSA) is 69.7 Å². The molecule has 0 radical (unpaired) electrons. The standard InChI is InChI=1S/C23H36ClN3O3S/c1-18-14-19(2)16-26(15-18)11-5-10-25-23(28)20-8-12-27(13-9-20)31(29,30)17-21-6-3-4-7-22(21)24/h3-4,6-7,18-20H,5,8-17H2,1-2H3,(H,25,28)/t18-,19-/m1/s1. The third-order valence-electron chi connectivity index (χ3n) is 6.41. The third-order valence-corrected chi connectivity index (χ3v) is 8.61. The number of carbonyl (C=O) groups is 1. The van der Waals surface area contributed by atoms with Crippen molar-refractivity contribution in [3.05, 3.63) is 34.9 Å². The van der Waals surface area contributed by atoms with Gasteiger partial charge in [-0.15, -0.1) is 0 Å². The van der Waals surface area contributed by atoms with Crippen LogP contribution in [-0.4, -0.2) is 62.8 Å². The normalized spacial score (nSPS) is 24.2. The number of piperidine rings is 2. The highest BCUT2D eigenvalue weighted by Crippen LogP contribution is 2.24. The van der Waals surface area contributed by atoms with Gasteiger partial charge in [0.05, 0.1) is 5.75 Å². The van der Waals surface area contributed by atoms with E-state index in [4.69, 9.17) is 11.6 Å². The van der Waals surface area contributed by atoms with Crippen LogP contribution in [0.1, 0.15) is 45.1 Å². The smallest absolute Gasteiger partial charge is 0.223 e. The fourth-order valence-electron chi connectivity index (χ4n) is 4.93. The fourth-order valence-corrected chi connectivity index (χ4v) is 6.81. The van der Waals surface area contributed by atoms with Gasteiger partial charge in [0, 0.05) is 43.7 Å². The van der Waals surface area contributed by atoms with Gasteiger partial charge >= 0.3 is 0 Å². The molecule has 2 fully saturated rings. The van der Waals surface area contributed by atoms with Crippen LogP contribution in [0.25, 0.3) is 0 Å². The van der Waals surface area contributed by atoms with Crippen LogP contribution in [0, 0.1) is 17.8 Å². The van der Waals surface area contributed by atoms with Crippen molar-refractivity contribution in [3.8, 4) is 0 Å². The predicted molar refractivity (Wildman–Crippen MR) is 125 cm³/mol. The Labute approximate surface area is 192 Å². The molecule has 0 unspecified atom stereocenters. The molecule has 1 aromatic rings. The number of hydrogen-bond acceptors (Lipinski definition) is 4.